The molecule has 2 aromatic rings. The summed E-state index contributed by atoms with van der Waals surface area (Å²) < 4.78 is 28.5. The zero-order valence-electron chi connectivity index (χ0n) is 14.7. The fourth-order valence-electron chi connectivity index (χ4n) is 3.78. The van der Waals surface area contributed by atoms with Gasteiger partial charge in [-0.15, -0.1) is 0 Å². The molecule has 2 N–H and O–H groups in total. The number of hydrogen-bond donors (Lipinski definition) is 2. The average Bonchev–Trinajstić information content (AvgIpc) is 2.92. The maximum Gasteiger partial charge on any atom is 0.240 e. The predicted molar refractivity (Wildman–Crippen MR) is 101 cm³/mol. The van der Waals surface area contributed by atoms with Gasteiger partial charge in [0.15, 0.2) is 0 Å². The van der Waals surface area contributed by atoms with Gasteiger partial charge in [0.25, 0.3) is 0 Å². The highest BCUT2D eigenvalue weighted by Crippen LogP contribution is 2.27. The molecular weight excluding hydrogens is 362 g/mol. The van der Waals surface area contributed by atoms with Gasteiger partial charge in [0, 0.05) is 18.2 Å². The van der Waals surface area contributed by atoms with Crippen LogP contribution >= 0.6 is 0 Å². The summed E-state index contributed by atoms with van der Waals surface area (Å²) in [6, 6.07) is 12.2. The van der Waals surface area contributed by atoms with Crippen LogP contribution in [-0.2, 0) is 34.1 Å². The lowest BCUT2D eigenvalue weighted by Crippen LogP contribution is -2.35. The fourth-order valence-corrected chi connectivity index (χ4v) is 5.06. The number of sulfonamides is 1. The summed E-state index contributed by atoms with van der Waals surface area (Å²) in [5, 5.41) is 11.8. The van der Waals surface area contributed by atoms with E-state index in [1.54, 1.807) is 18.2 Å². The monoisotopic (exact) mass is 381 g/mol. The zero-order chi connectivity index (χ0) is 19.0. The number of nitrogens with one attached hydrogen (secondary N) is 2. The molecule has 2 aromatic carbocycles. The Hall–Kier alpha value is -2.69. The van der Waals surface area contributed by atoms with Gasteiger partial charge in [0.05, 0.1) is 16.5 Å². The average molecular weight is 381 g/mol. The summed E-state index contributed by atoms with van der Waals surface area (Å²) in [6.45, 7) is 0. The number of nitrogens with zero attached hydrogens (tertiary/aromatic N) is 1. The summed E-state index contributed by atoms with van der Waals surface area (Å²) in [6.07, 6.45) is 3.00. The number of aryl methyl sites for hydroxylation is 1. The van der Waals surface area contributed by atoms with Gasteiger partial charge in [0.1, 0.15) is 0 Å². The second-order valence-electron chi connectivity index (χ2n) is 7.04. The van der Waals surface area contributed by atoms with Crippen molar-refractivity contribution < 1.29 is 13.2 Å². The Balaban J connectivity index is 1.54. The van der Waals surface area contributed by atoms with Gasteiger partial charge in [-0.2, -0.15) is 5.26 Å². The van der Waals surface area contributed by atoms with E-state index in [0.29, 0.717) is 43.4 Å². The van der Waals surface area contributed by atoms with Crippen molar-refractivity contribution in [2.45, 2.75) is 43.0 Å². The van der Waals surface area contributed by atoms with E-state index in [0.717, 1.165) is 16.7 Å². The van der Waals surface area contributed by atoms with Crippen molar-refractivity contribution in [2.24, 2.45) is 0 Å². The van der Waals surface area contributed by atoms with Gasteiger partial charge in [0.2, 0.25) is 15.9 Å². The maximum atomic E-state index is 12.8. The summed E-state index contributed by atoms with van der Waals surface area (Å²) in [7, 11) is -3.66. The molecule has 138 valence electrons. The molecule has 0 radical (unpaired) electrons. The molecule has 7 heteroatoms. The SMILES string of the molecule is N#Cc1ccc2c(c1)CC(NS(=O)(=O)c1ccc3c(c1)CCCC(=O)N3)C2. The summed E-state index contributed by atoms with van der Waals surface area (Å²) in [4.78, 5) is 11.9. The topological polar surface area (TPSA) is 99.1 Å². The minimum Gasteiger partial charge on any atom is -0.326 e. The van der Waals surface area contributed by atoms with Crippen LogP contribution in [0.25, 0.3) is 0 Å². The van der Waals surface area contributed by atoms with Crippen LogP contribution < -0.4 is 10.0 Å². The third kappa shape index (κ3) is 3.59. The normalized spacial score (nSPS) is 18.8. The zero-order valence-corrected chi connectivity index (χ0v) is 15.5. The second kappa shape index (κ2) is 6.80. The molecular formula is C20H19N3O3S. The van der Waals surface area contributed by atoms with Crippen molar-refractivity contribution in [3.05, 3.63) is 58.7 Å². The van der Waals surface area contributed by atoms with E-state index in [1.807, 2.05) is 12.1 Å². The van der Waals surface area contributed by atoms with E-state index in [9.17, 15) is 13.2 Å². The number of rotatable bonds is 3. The molecule has 0 saturated heterocycles. The Kier molecular flexibility index (Phi) is 4.46. The van der Waals surface area contributed by atoms with Gasteiger partial charge in [-0.25, -0.2) is 13.1 Å². The van der Waals surface area contributed by atoms with Gasteiger partial charge in [-0.05, 0) is 72.7 Å². The molecule has 0 fully saturated rings. The van der Waals surface area contributed by atoms with E-state index in [4.69, 9.17) is 5.26 Å². The molecule has 1 aliphatic carbocycles. The molecule has 6 nitrogen and oxygen atoms in total. The van der Waals surface area contributed by atoms with Crippen molar-refractivity contribution in [3.8, 4) is 6.07 Å². The van der Waals surface area contributed by atoms with Gasteiger partial charge < -0.3 is 5.32 Å². The molecule has 1 unspecified atom stereocenters. The first kappa shape index (κ1) is 17.7. The van der Waals surface area contributed by atoms with Crippen LogP contribution in [0.15, 0.2) is 41.3 Å². The molecule has 1 aliphatic heterocycles. The quantitative estimate of drug-likeness (QED) is 0.852. The molecule has 0 aromatic heterocycles. The molecule has 1 heterocycles. The number of benzene rings is 2. The molecule has 1 amide bonds. The van der Waals surface area contributed by atoms with E-state index in [2.05, 4.69) is 16.1 Å². The van der Waals surface area contributed by atoms with Crippen molar-refractivity contribution in [2.75, 3.05) is 5.32 Å². The number of amides is 1. The number of carbonyl (C=O) groups is 1. The minimum atomic E-state index is -3.66. The van der Waals surface area contributed by atoms with E-state index in [1.165, 1.54) is 6.07 Å². The van der Waals surface area contributed by atoms with Crippen LogP contribution in [0.5, 0.6) is 0 Å². The molecule has 4 rings (SSSR count). The lowest BCUT2D eigenvalue weighted by molar-refractivity contribution is -0.116. The molecule has 2 aliphatic rings. The van der Waals surface area contributed by atoms with Crippen molar-refractivity contribution in [1.29, 1.82) is 5.26 Å². The van der Waals surface area contributed by atoms with E-state index < -0.39 is 10.0 Å². The third-order valence-electron chi connectivity index (χ3n) is 5.10. The molecule has 0 spiro atoms. The smallest absolute Gasteiger partial charge is 0.240 e. The fraction of sp³-hybridized carbons (Fsp3) is 0.300. The molecule has 27 heavy (non-hydrogen) atoms. The van der Waals surface area contributed by atoms with Crippen molar-refractivity contribution >= 4 is 21.6 Å². The first-order valence-corrected chi connectivity index (χ1v) is 10.4. The number of carbonyl (C=O) groups excluding carboxylic acids is 1. The van der Waals surface area contributed by atoms with Gasteiger partial charge in [-0.1, -0.05) is 6.07 Å². The van der Waals surface area contributed by atoms with Gasteiger partial charge >= 0.3 is 0 Å². The van der Waals surface area contributed by atoms with Gasteiger partial charge in [-0.3, -0.25) is 4.79 Å². The molecule has 0 saturated carbocycles. The molecule has 1 atom stereocenters. The lowest BCUT2D eigenvalue weighted by atomic mass is 10.1. The number of fused-ring (bicyclic) bond motifs is 2. The Morgan fingerprint density at radius 3 is 2.67 bits per heavy atom. The number of hydrogen-bond acceptors (Lipinski definition) is 4. The molecule has 0 bridgehead atoms. The van der Waals surface area contributed by atoms with Crippen molar-refractivity contribution in [1.82, 2.24) is 4.72 Å². The lowest BCUT2D eigenvalue weighted by Gasteiger charge is -2.14. The predicted octanol–water partition coefficient (Wildman–Crippen LogP) is 2.28. The Morgan fingerprint density at radius 2 is 1.85 bits per heavy atom. The number of anilines is 1. The minimum absolute atomic E-state index is 0.0389. The Morgan fingerprint density at radius 1 is 1.04 bits per heavy atom. The van der Waals surface area contributed by atoms with Crippen LogP contribution in [0, 0.1) is 11.3 Å². The second-order valence-corrected chi connectivity index (χ2v) is 8.76. The third-order valence-corrected chi connectivity index (χ3v) is 6.62. The largest absolute Gasteiger partial charge is 0.326 e. The highest BCUT2D eigenvalue weighted by atomic mass is 32.2. The highest BCUT2D eigenvalue weighted by Gasteiger charge is 2.27. The van der Waals surface area contributed by atoms with Crippen LogP contribution in [-0.4, -0.2) is 20.4 Å². The van der Waals surface area contributed by atoms with Crippen LogP contribution in [0.1, 0.15) is 35.1 Å². The van der Waals surface area contributed by atoms with Crippen LogP contribution in [0.4, 0.5) is 5.69 Å². The first-order chi connectivity index (χ1) is 12.9. The summed E-state index contributed by atoms with van der Waals surface area (Å²) in [5.41, 5.74) is 4.22. The van der Waals surface area contributed by atoms with E-state index >= 15 is 0 Å². The van der Waals surface area contributed by atoms with Crippen molar-refractivity contribution in [3.63, 3.8) is 0 Å². The first-order valence-electron chi connectivity index (χ1n) is 8.91. The van der Waals surface area contributed by atoms with Crippen LogP contribution in [0.3, 0.4) is 0 Å². The number of nitriles is 1. The van der Waals surface area contributed by atoms with E-state index in [-0.39, 0.29) is 16.8 Å². The standard InChI is InChI=1S/C20H19N3O3S/c21-12-13-4-5-14-9-17(10-16(14)8-13)23-27(25,26)18-6-7-19-15(11-18)2-1-3-20(24)22-19/h4-8,11,17,23H,1-3,9-10H2,(H,22,24). The maximum absolute atomic E-state index is 12.8. The summed E-state index contributed by atoms with van der Waals surface area (Å²) >= 11 is 0. The Bertz CT molecular complexity index is 1070. The Labute approximate surface area is 158 Å². The summed E-state index contributed by atoms with van der Waals surface area (Å²) in [5.74, 6) is -0.0389. The van der Waals surface area contributed by atoms with Crippen LogP contribution in [0.2, 0.25) is 0 Å². The highest BCUT2D eigenvalue weighted by molar-refractivity contribution is 7.89.